The van der Waals surface area contributed by atoms with E-state index in [0.717, 1.165) is 31.6 Å². The van der Waals surface area contributed by atoms with Gasteiger partial charge in [-0.1, -0.05) is 29.6 Å². The van der Waals surface area contributed by atoms with Gasteiger partial charge in [-0.3, -0.25) is 0 Å². The first-order valence-electron chi connectivity index (χ1n) is 6.18. The van der Waals surface area contributed by atoms with E-state index in [1.54, 1.807) is 12.1 Å². The molecule has 1 aromatic rings. The maximum atomic E-state index is 10.5. The summed E-state index contributed by atoms with van der Waals surface area (Å²) >= 11 is 12.2. The lowest BCUT2D eigenvalue weighted by atomic mass is 10.1. The van der Waals surface area contributed by atoms with Crippen molar-refractivity contribution in [1.29, 1.82) is 0 Å². The quantitative estimate of drug-likeness (QED) is 0.784. The van der Waals surface area contributed by atoms with Crippen LogP contribution in [-0.2, 0) is 0 Å². The van der Waals surface area contributed by atoms with Gasteiger partial charge >= 0.3 is 0 Å². The summed E-state index contributed by atoms with van der Waals surface area (Å²) in [7, 11) is 0. The van der Waals surface area contributed by atoms with Gasteiger partial charge in [-0.2, -0.15) is 0 Å². The summed E-state index contributed by atoms with van der Waals surface area (Å²) in [5.74, 6) is 0.950. The summed E-state index contributed by atoms with van der Waals surface area (Å²) in [4.78, 5) is 6.57. The molecule has 3 rings (SSSR count). The van der Waals surface area contributed by atoms with Crippen LogP contribution in [0.3, 0.4) is 0 Å². The van der Waals surface area contributed by atoms with Crippen LogP contribution in [0.25, 0.3) is 0 Å². The van der Waals surface area contributed by atoms with Gasteiger partial charge in [0.05, 0.1) is 10.7 Å². The van der Waals surface area contributed by atoms with E-state index in [0.29, 0.717) is 21.3 Å². The number of fused-ring (bicyclic) bond motifs is 2. The molecular weight excluding hydrogens is 271 g/mol. The Labute approximate surface area is 116 Å². The molecule has 1 saturated heterocycles. The Morgan fingerprint density at radius 3 is 2.89 bits per heavy atom. The van der Waals surface area contributed by atoms with Crippen molar-refractivity contribution in [3.8, 4) is 0 Å². The van der Waals surface area contributed by atoms with Crippen molar-refractivity contribution in [2.24, 2.45) is 4.99 Å². The van der Waals surface area contributed by atoms with Gasteiger partial charge in [0.25, 0.3) is 0 Å². The van der Waals surface area contributed by atoms with Crippen LogP contribution in [0.5, 0.6) is 0 Å². The molecule has 2 heterocycles. The third kappa shape index (κ3) is 2.00. The van der Waals surface area contributed by atoms with Crippen molar-refractivity contribution in [3.05, 3.63) is 27.7 Å². The first-order chi connectivity index (χ1) is 8.66. The molecule has 0 radical (unpaired) electrons. The average molecular weight is 285 g/mol. The Kier molecular flexibility index (Phi) is 3.22. The molecule has 2 aliphatic rings. The predicted molar refractivity (Wildman–Crippen MR) is 73.7 cm³/mol. The first-order valence-corrected chi connectivity index (χ1v) is 6.93. The molecule has 0 saturated carbocycles. The molecule has 0 bridgehead atoms. The van der Waals surface area contributed by atoms with Gasteiger partial charge in [0, 0.05) is 23.6 Å². The number of aliphatic imine (C=N–C) groups is 1. The molecule has 18 heavy (non-hydrogen) atoms. The summed E-state index contributed by atoms with van der Waals surface area (Å²) in [6.07, 6.45) is 3.58. The van der Waals surface area contributed by atoms with E-state index in [1.165, 1.54) is 6.42 Å². The summed E-state index contributed by atoms with van der Waals surface area (Å²) < 4.78 is 0. The first kappa shape index (κ1) is 12.3. The van der Waals surface area contributed by atoms with E-state index in [9.17, 15) is 5.11 Å². The fourth-order valence-corrected chi connectivity index (χ4v) is 3.19. The lowest BCUT2D eigenvalue weighted by Crippen LogP contribution is -2.36. The van der Waals surface area contributed by atoms with Crippen LogP contribution in [-0.4, -0.2) is 22.4 Å². The van der Waals surface area contributed by atoms with Crippen LogP contribution in [0.4, 0.5) is 5.69 Å². The highest BCUT2D eigenvalue weighted by molar-refractivity contribution is 6.35. The maximum absolute atomic E-state index is 10.5. The Balaban J connectivity index is 2.12. The molecule has 5 heteroatoms. The lowest BCUT2D eigenvalue weighted by molar-refractivity contribution is 0.0502. The normalized spacial score (nSPS) is 22.9. The van der Waals surface area contributed by atoms with Crippen LogP contribution in [0.15, 0.2) is 17.1 Å². The van der Waals surface area contributed by atoms with Crippen molar-refractivity contribution in [2.45, 2.75) is 31.9 Å². The molecule has 1 fully saturated rings. The molecule has 1 unspecified atom stereocenters. The topological polar surface area (TPSA) is 35.8 Å². The Bertz CT molecular complexity index is 516. The van der Waals surface area contributed by atoms with Crippen molar-refractivity contribution in [1.82, 2.24) is 4.90 Å². The Morgan fingerprint density at radius 2 is 2.06 bits per heavy atom. The van der Waals surface area contributed by atoms with Gasteiger partial charge < -0.3 is 10.0 Å². The molecule has 0 spiro atoms. The largest absolute Gasteiger partial charge is 0.369 e. The number of amidine groups is 1. The van der Waals surface area contributed by atoms with Crippen LogP contribution in [0, 0.1) is 0 Å². The van der Waals surface area contributed by atoms with Gasteiger partial charge in [-0.15, -0.1) is 0 Å². The summed E-state index contributed by atoms with van der Waals surface area (Å²) in [5, 5.41) is 11.5. The fraction of sp³-hybridized carbons (Fsp3) is 0.462. The molecule has 0 aromatic heterocycles. The van der Waals surface area contributed by atoms with Gasteiger partial charge in [-0.05, 0) is 25.0 Å². The van der Waals surface area contributed by atoms with Crippen LogP contribution in [0.2, 0.25) is 10.0 Å². The molecular formula is C13H14Cl2N2O. The minimum absolute atomic E-state index is 0.483. The van der Waals surface area contributed by atoms with Crippen molar-refractivity contribution < 1.29 is 5.11 Å². The molecule has 0 amide bonds. The van der Waals surface area contributed by atoms with Crippen molar-refractivity contribution in [2.75, 3.05) is 6.54 Å². The number of hydrogen-bond acceptors (Lipinski definition) is 3. The highest BCUT2D eigenvalue weighted by atomic mass is 35.5. The summed E-state index contributed by atoms with van der Waals surface area (Å²) in [6.45, 7) is 0.832. The number of benzene rings is 1. The van der Waals surface area contributed by atoms with Gasteiger partial charge in [0.2, 0.25) is 0 Å². The minimum Gasteiger partial charge on any atom is -0.369 e. The van der Waals surface area contributed by atoms with Crippen LogP contribution in [0.1, 0.15) is 37.5 Å². The number of nitrogens with zero attached hydrogens (tertiary/aromatic N) is 2. The molecule has 1 atom stereocenters. The standard InChI is InChI=1S/C13H14Cl2N2O/c14-8-6-9(15)12-10(7-8)16-11-4-2-1-3-5-17(11)13(12)18/h6-7,13,18H,1-5H2. The highest BCUT2D eigenvalue weighted by Gasteiger charge is 2.31. The molecule has 1 N–H and O–H groups in total. The fourth-order valence-electron chi connectivity index (χ4n) is 2.61. The second kappa shape index (κ2) is 4.72. The van der Waals surface area contributed by atoms with E-state index >= 15 is 0 Å². The monoisotopic (exact) mass is 284 g/mol. The second-order valence-electron chi connectivity index (χ2n) is 4.73. The summed E-state index contributed by atoms with van der Waals surface area (Å²) in [6, 6.07) is 3.42. The Hall–Kier alpha value is -0.770. The zero-order valence-corrected chi connectivity index (χ0v) is 11.4. The van der Waals surface area contributed by atoms with E-state index in [-0.39, 0.29) is 0 Å². The number of halogens is 2. The zero-order chi connectivity index (χ0) is 12.7. The molecule has 3 nitrogen and oxygen atoms in total. The number of aliphatic hydroxyl groups is 1. The van der Waals surface area contributed by atoms with Gasteiger partial charge in [0.1, 0.15) is 5.84 Å². The highest BCUT2D eigenvalue weighted by Crippen LogP contribution is 2.41. The van der Waals surface area contributed by atoms with E-state index < -0.39 is 6.23 Å². The predicted octanol–water partition coefficient (Wildman–Crippen LogP) is 3.90. The number of hydrogen-bond donors (Lipinski definition) is 1. The summed E-state index contributed by atoms with van der Waals surface area (Å²) in [5.41, 5.74) is 1.37. The van der Waals surface area contributed by atoms with Gasteiger partial charge in [0.15, 0.2) is 6.23 Å². The number of aliphatic hydroxyl groups excluding tert-OH is 1. The third-order valence-electron chi connectivity index (χ3n) is 3.51. The maximum Gasteiger partial charge on any atom is 0.157 e. The van der Waals surface area contributed by atoms with Crippen molar-refractivity contribution in [3.63, 3.8) is 0 Å². The molecule has 2 aliphatic heterocycles. The van der Waals surface area contributed by atoms with E-state index in [2.05, 4.69) is 4.99 Å². The Morgan fingerprint density at radius 1 is 1.22 bits per heavy atom. The zero-order valence-electron chi connectivity index (χ0n) is 9.87. The molecule has 0 aliphatic carbocycles. The minimum atomic E-state index is -0.699. The average Bonchev–Trinajstić information content (AvgIpc) is 2.53. The molecule has 96 valence electrons. The van der Waals surface area contributed by atoms with Crippen LogP contribution < -0.4 is 0 Å². The van der Waals surface area contributed by atoms with Crippen LogP contribution >= 0.6 is 23.2 Å². The van der Waals surface area contributed by atoms with Crippen molar-refractivity contribution >= 4 is 34.7 Å². The third-order valence-corrected chi connectivity index (χ3v) is 4.04. The molecule has 1 aromatic carbocycles. The number of rotatable bonds is 0. The van der Waals surface area contributed by atoms with E-state index in [4.69, 9.17) is 23.2 Å². The SMILES string of the molecule is OC1c2c(Cl)cc(Cl)cc2N=C2CCCCCN21. The smallest absolute Gasteiger partial charge is 0.157 e. The van der Waals surface area contributed by atoms with E-state index in [1.807, 2.05) is 4.90 Å². The lowest BCUT2D eigenvalue weighted by Gasteiger charge is -2.34. The van der Waals surface area contributed by atoms with Gasteiger partial charge in [-0.25, -0.2) is 4.99 Å². The second-order valence-corrected chi connectivity index (χ2v) is 5.57.